The summed E-state index contributed by atoms with van der Waals surface area (Å²) in [7, 11) is 0. The van der Waals surface area contributed by atoms with E-state index in [4.69, 9.17) is 13.9 Å². The summed E-state index contributed by atoms with van der Waals surface area (Å²) in [5.41, 5.74) is 1.68. The molecule has 1 aromatic heterocycles. The van der Waals surface area contributed by atoms with Gasteiger partial charge in [-0.2, -0.15) is 0 Å². The van der Waals surface area contributed by atoms with Gasteiger partial charge in [0.2, 0.25) is 0 Å². The molecule has 0 aliphatic carbocycles. The third-order valence-electron chi connectivity index (χ3n) is 4.00. The molecule has 3 aromatic rings. The number of esters is 1. The molecule has 3 rings (SSSR count). The Labute approximate surface area is 157 Å². The van der Waals surface area contributed by atoms with Crippen LogP contribution in [0, 0.1) is 5.92 Å². The van der Waals surface area contributed by atoms with E-state index in [0.717, 1.165) is 16.5 Å². The molecule has 0 saturated heterocycles. The van der Waals surface area contributed by atoms with E-state index in [2.05, 4.69) is 0 Å². The Morgan fingerprint density at radius 3 is 2.48 bits per heavy atom. The van der Waals surface area contributed by atoms with Gasteiger partial charge in [0.15, 0.2) is 6.10 Å². The van der Waals surface area contributed by atoms with Crippen molar-refractivity contribution in [3.63, 3.8) is 0 Å². The number of carbonyl (C=O) groups is 1. The van der Waals surface area contributed by atoms with E-state index in [9.17, 15) is 9.59 Å². The van der Waals surface area contributed by atoms with Crippen molar-refractivity contribution in [1.29, 1.82) is 0 Å². The summed E-state index contributed by atoms with van der Waals surface area (Å²) >= 11 is 0. The molecule has 0 radical (unpaired) electrons. The van der Waals surface area contributed by atoms with Crippen molar-refractivity contribution in [3.8, 4) is 16.9 Å². The van der Waals surface area contributed by atoms with Gasteiger partial charge in [0.1, 0.15) is 11.3 Å². The lowest BCUT2D eigenvalue weighted by atomic mass is 10.0. The van der Waals surface area contributed by atoms with Crippen molar-refractivity contribution >= 4 is 16.9 Å². The van der Waals surface area contributed by atoms with Crippen LogP contribution in [0.2, 0.25) is 0 Å². The third kappa shape index (κ3) is 4.56. The van der Waals surface area contributed by atoms with Crippen molar-refractivity contribution in [2.24, 2.45) is 5.92 Å². The number of hydrogen-bond donors (Lipinski definition) is 0. The lowest BCUT2D eigenvalue weighted by Gasteiger charge is -2.15. The highest BCUT2D eigenvalue weighted by Gasteiger charge is 2.17. The van der Waals surface area contributed by atoms with Crippen molar-refractivity contribution in [2.45, 2.75) is 26.9 Å². The molecule has 0 amide bonds. The van der Waals surface area contributed by atoms with E-state index >= 15 is 0 Å². The highest BCUT2D eigenvalue weighted by molar-refractivity contribution is 5.93. The van der Waals surface area contributed by atoms with Gasteiger partial charge in [0, 0.05) is 17.5 Å². The molecular formula is C22H22O5. The van der Waals surface area contributed by atoms with Gasteiger partial charge >= 0.3 is 11.6 Å². The molecule has 5 heteroatoms. The second-order valence-electron chi connectivity index (χ2n) is 6.79. The average molecular weight is 366 g/mol. The molecule has 1 atom stereocenters. The zero-order valence-corrected chi connectivity index (χ0v) is 15.6. The van der Waals surface area contributed by atoms with E-state index in [1.807, 2.05) is 50.2 Å². The summed E-state index contributed by atoms with van der Waals surface area (Å²) in [6, 6.07) is 16.3. The molecule has 0 N–H and O–H groups in total. The Balaban J connectivity index is 1.88. The number of carbonyl (C=O) groups excluding carboxylic acids is 1. The zero-order chi connectivity index (χ0) is 19.4. The van der Waals surface area contributed by atoms with Crippen LogP contribution in [0.4, 0.5) is 0 Å². The maximum atomic E-state index is 12.0. The van der Waals surface area contributed by atoms with Crippen molar-refractivity contribution in [2.75, 3.05) is 6.61 Å². The van der Waals surface area contributed by atoms with Gasteiger partial charge in [0.25, 0.3) is 0 Å². The Kier molecular flexibility index (Phi) is 5.60. The Hall–Kier alpha value is -3.08. The Morgan fingerprint density at radius 2 is 1.78 bits per heavy atom. The van der Waals surface area contributed by atoms with Crippen molar-refractivity contribution in [3.05, 3.63) is 65.0 Å². The molecule has 0 unspecified atom stereocenters. The normalized spacial score (nSPS) is 12.1. The predicted octanol–water partition coefficient (Wildman–Crippen LogP) is 4.43. The van der Waals surface area contributed by atoms with Crippen LogP contribution in [-0.2, 0) is 9.53 Å². The zero-order valence-electron chi connectivity index (χ0n) is 15.6. The topological polar surface area (TPSA) is 65.7 Å². The molecule has 0 spiro atoms. The minimum absolute atomic E-state index is 0.257. The van der Waals surface area contributed by atoms with Crippen LogP contribution in [0.1, 0.15) is 20.8 Å². The van der Waals surface area contributed by atoms with Crippen LogP contribution in [0.5, 0.6) is 5.75 Å². The van der Waals surface area contributed by atoms with E-state index in [0.29, 0.717) is 17.9 Å². The third-order valence-corrected chi connectivity index (χ3v) is 4.00. The lowest BCUT2D eigenvalue weighted by Crippen LogP contribution is -2.27. The summed E-state index contributed by atoms with van der Waals surface area (Å²) < 4.78 is 16.2. The minimum atomic E-state index is -0.759. The van der Waals surface area contributed by atoms with E-state index in [1.54, 1.807) is 19.1 Å². The quantitative estimate of drug-likeness (QED) is 0.477. The molecular weight excluding hydrogens is 344 g/mol. The first-order valence-corrected chi connectivity index (χ1v) is 8.90. The van der Waals surface area contributed by atoms with Gasteiger partial charge in [0.05, 0.1) is 6.61 Å². The van der Waals surface area contributed by atoms with E-state index < -0.39 is 17.7 Å². The monoisotopic (exact) mass is 366 g/mol. The van der Waals surface area contributed by atoms with Crippen LogP contribution < -0.4 is 10.4 Å². The molecule has 5 nitrogen and oxygen atoms in total. The second kappa shape index (κ2) is 8.08. The van der Waals surface area contributed by atoms with Crippen LogP contribution in [0.15, 0.2) is 63.8 Å². The summed E-state index contributed by atoms with van der Waals surface area (Å²) in [5.74, 6) is 0.264. The number of fused-ring (bicyclic) bond motifs is 1. The summed E-state index contributed by atoms with van der Waals surface area (Å²) in [6.45, 7) is 5.91. The Morgan fingerprint density at radius 1 is 1.04 bits per heavy atom. The molecule has 0 fully saturated rings. The molecule has 0 saturated carbocycles. The van der Waals surface area contributed by atoms with Gasteiger partial charge in [-0.25, -0.2) is 9.59 Å². The lowest BCUT2D eigenvalue weighted by molar-refractivity contribution is -0.152. The molecule has 1 heterocycles. The first-order chi connectivity index (χ1) is 12.9. The van der Waals surface area contributed by atoms with Gasteiger partial charge in [-0.05, 0) is 36.1 Å². The van der Waals surface area contributed by atoms with Crippen LogP contribution in [0.3, 0.4) is 0 Å². The average Bonchev–Trinajstić information content (AvgIpc) is 2.65. The summed E-state index contributed by atoms with van der Waals surface area (Å²) in [5, 5.41) is 0.795. The predicted molar refractivity (Wildman–Crippen MR) is 104 cm³/mol. The number of benzene rings is 2. The van der Waals surface area contributed by atoms with Crippen molar-refractivity contribution < 1.29 is 18.7 Å². The number of ether oxygens (including phenoxy) is 2. The van der Waals surface area contributed by atoms with Crippen LogP contribution in [-0.4, -0.2) is 18.7 Å². The van der Waals surface area contributed by atoms with Gasteiger partial charge in [-0.3, -0.25) is 0 Å². The first-order valence-electron chi connectivity index (χ1n) is 8.90. The summed E-state index contributed by atoms with van der Waals surface area (Å²) in [4.78, 5) is 24.0. The molecule has 0 aliphatic rings. The fourth-order valence-electron chi connectivity index (χ4n) is 2.69. The standard InChI is InChI=1S/C22H22O5/c1-14(2)13-25-22(24)15(3)26-17-9-10-18-19(16-7-5-4-6-8-16)12-21(23)27-20(18)11-17/h4-12,14-15H,13H2,1-3H3/t15-/m0/s1. The van der Waals surface area contributed by atoms with E-state index in [1.165, 1.54) is 6.07 Å². The SMILES string of the molecule is CC(C)COC(=O)[C@H](C)Oc1ccc2c(-c3ccccc3)cc(=O)oc2c1. The van der Waals surface area contributed by atoms with Gasteiger partial charge in [-0.1, -0.05) is 44.2 Å². The molecule has 0 aliphatic heterocycles. The minimum Gasteiger partial charge on any atom is -0.479 e. The number of rotatable bonds is 6. The van der Waals surface area contributed by atoms with Crippen molar-refractivity contribution in [1.82, 2.24) is 0 Å². The first kappa shape index (κ1) is 18.7. The molecule has 27 heavy (non-hydrogen) atoms. The maximum absolute atomic E-state index is 12.0. The maximum Gasteiger partial charge on any atom is 0.347 e. The van der Waals surface area contributed by atoms with E-state index in [-0.39, 0.29) is 5.92 Å². The molecule has 0 bridgehead atoms. The second-order valence-corrected chi connectivity index (χ2v) is 6.79. The van der Waals surface area contributed by atoms with Gasteiger partial charge in [-0.15, -0.1) is 0 Å². The largest absolute Gasteiger partial charge is 0.479 e. The highest BCUT2D eigenvalue weighted by Crippen LogP contribution is 2.29. The summed E-state index contributed by atoms with van der Waals surface area (Å²) in [6.07, 6.45) is -0.759. The number of hydrogen-bond acceptors (Lipinski definition) is 5. The fourth-order valence-corrected chi connectivity index (χ4v) is 2.69. The highest BCUT2D eigenvalue weighted by atomic mass is 16.6. The van der Waals surface area contributed by atoms with Gasteiger partial charge < -0.3 is 13.9 Å². The molecule has 2 aromatic carbocycles. The fraction of sp³-hybridized carbons (Fsp3) is 0.273. The molecule has 140 valence electrons. The van der Waals surface area contributed by atoms with Crippen LogP contribution >= 0.6 is 0 Å². The van der Waals surface area contributed by atoms with Crippen LogP contribution in [0.25, 0.3) is 22.1 Å². The Bertz CT molecular complexity index is 989. The smallest absolute Gasteiger partial charge is 0.347 e.